The van der Waals surface area contributed by atoms with Crippen LogP contribution < -0.4 is 16.2 Å². The van der Waals surface area contributed by atoms with E-state index in [1.165, 1.54) is 6.08 Å². The number of carbonyl (C=O) groups excluding carboxylic acids is 2. The van der Waals surface area contributed by atoms with Crippen LogP contribution >= 0.6 is 0 Å². The number of carbonyl (C=O) groups is 2. The summed E-state index contributed by atoms with van der Waals surface area (Å²) >= 11 is 0. The molecule has 1 aliphatic rings. The summed E-state index contributed by atoms with van der Waals surface area (Å²) in [5.41, 5.74) is 14.1. The molecule has 1 fully saturated rings. The summed E-state index contributed by atoms with van der Waals surface area (Å²) in [6.45, 7) is 3.84. The maximum absolute atomic E-state index is 12.4. The second kappa shape index (κ2) is 11.2. The molecule has 0 aromatic heterocycles. The Morgan fingerprint density at radius 2 is 1.75 bits per heavy atom. The molecule has 1 aliphatic carbocycles. The predicted molar refractivity (Wildman–Crippen MR) is 126 cm³/mol. The van der Waals surface area contributed by atoms with Gasteiger partial charge in [-0.1, -0.05) is 18.2 Å². The summed E-state index contributed by atoms with van der Waals surface area (Å²) in [6.07, 6.45) is 9.74. The summed E-state index contributed by atoms with van der Waals surface area (Å²) in [7, 11) is 0. The lowest BCUT2D eigenvalue weighted by atomic mass is 9.80. The highest BCUT2D eigenvalue weighted by atomic mass is 16.5. The standard InChI is InChI=1S/C26H30N2O4/c1-2-3-18-4-9-20(10-5-18)26(30)32-23-12-6-19(7-13-23)8-15-25(29)31-17-21-16-22(27)11-14-24(21)28/h2,6-8,11-16,18,20H,1,3-5,9-10,17,27-28H2. The van der Waals surface area contributed by atoms with E-state index in [4.69, 9.17) is 20.9 Å². The molecule has 1 saturated carbocycles. The van der Waals surface area contributed by atoms with Crippen LogP contribution in [0, 0.1) is 11.8 Å². The topological polar surface area (TPSA) is 105 Å². The van der Waals surface area contributed by atoms with Crippen LogP contribution in [-0.2, 0) is 20.9 Å². The number of esters is 2. The highest BCUT2D eigenvalue weighted by Crippen LogP contribution is 2.32. The first kappa shape index (κ1) is 23.1. The van der Waals surface area contributed by atoms with Gasteiger partial charge in [-0.25, -0.2) is 4.79 Å². The Labute approximate surface area is 188 Å². The number of rotatable bonds is 8. The lowest BCUT2D eigenvalue weighted by Crippen LogP contribution is -2.25. The zero-order valence-corrected chi connectivity index (χ0v) is 18.2. The summed E-state index contributed by atoms with van der Waals surface area (Å²) in [5, 5.41) is 0. The minimum atomic E-state index is -0.491. The van der Waals surface area contributed by atoms with Crippen LogP contribution in [0.25, 0.3) is 6.08 Å². The lowest BCUT2D eigenvalue weighted by molar-refractivity contribution is -0.140. The van der Waals surface area contributed by atoms with Crippen LogP contribution in [0.3, 0.4) is 0 Å². The molecule has 0 saturated heterocycles. The molecule has 3 rings (SSSR count). The summed E-state index contributed by atoms with van der Waals surface area (Å²) < 4.78 is 10.8. The Morgan fingerprint density at radius 3 is 2.44 bits per heavy atom. The Kier molecular flexibility index (Phi) is 8.08. The fourth-order valence-electron chi connectivity index (χ4n) is 3.83. The predicted octanol–water partition coefficient (Wildman–Crippen LogP) is 4.90. The monoisotopic (exact) mass is 434 g/mol. The van der Waals surface area contributed by atoms with E-state index in [0.29, 0.717) is 28.6 Å². The first-order valence-corrected chi connectivity index (χ1v) is 10.9. The van der Waals surface area contributed by atoms with Gasteiger partial charge in [0.05, 0.1) is 5.92 Å². The summed E-state index contributed by atoms with van der Waals surface area (Å²) in [5.74, 6) is 0.432. The van der Waals surface area contributed by atoms with Gasteiger partial charge in [0.2, 0.25) is 0 Å². The average molecular weight is 435 g/mol. The van der Waals surface area contributed by atoms with E-state index in [1.807, 2.05) is 6.08 Å². The van der Waals surface area contributed by atoms with Crippen molar-refractivity contribution in [2.24, 2.45) is 11.8 Å². The zero-order valence-electron chi connectivity index (χ0n) is 18.2. The number of nitrogens with two attached hydrogens (primary N) is 2. The summed E-state index contributed by atoms with van der Waals surface area (Å²) in [4.78, 5) is 24.4. The van der Waals surface area contributed by atoms with Gasteiger partial charge in [0, 0.05) is 23.0 Å². The third-order valence-electron chi connectivity index (χ3n) is 5.73. The van der Waals surface area contributed by atoms with Gasteiger partial charge in [-0.2, -0.15) is 0 Å². The third-order valence-corrected chi connectivity index (χ3v) is 5.73. The van der Waals surface area contributed by atoms with Gasteiger partial charge < -0.3 is 20.9 Å². The van der Waals surface area contributed by atoms with Crippen molar-refractivity contribution in [3.05, 3.63) is 72.3 Å². The molecule has 32 heavy (non-hydrogen) atoms. The number of anilines is 2. The number of hydrogen-bond acceptors (Lipinski definition) is 6. The lowest BCUT2D eigenvalue weighted by Gasteiger charge is -2.26. The van der Waals surface area contributed by atoms with E-state index in [0.717, 1.165) is 37.7 Å². The molecular formula is C26H30N2O4. The molecule has 0 unspecified atom stereocenters. The molecule has 2 aromatic carbocycles. The number of benzene rings is 2. The largest absolute Gasteiger partial charge is 0.458 e. The number of hydrogen-bond donors (Lipinski definition) is 2. The molecule has 0 heterocycles. The Balaban J connectivity index is 1.46. The number of ether oxygens (including phenoxy) is 2. The van der Waals surface area contributed by atoms with E-state index < -0.39 is 5.97 Å². The van der Waals surface area contributed by atoms with Gasteiger partial charge in [-0.05, 0) is 80.0 Å². The minimum absolute atomic E-state index is 0.0422. The molecule has 0 spiro atoms. The second-order valence-corrected chi connectivity index (χ2v) is 8.13. The van der Waals surface area contributed by atoms with Crippen molar-refractivity contribution in [3.63, 3.8) is 0 Å². The molecular weight excluding hydrogens is 404 g/mol. The van der Waals surface area contributed by atoms with Crippen molar-refractivity contribution in [2.75, 3.05) is 11.5 Å². The van der Waals surface area contributed by atoms with Gasteiger partial charge in [-0.15, -0.1) is 6.58 Å². The molecule has 0 aliphatic heterocycles. The van der Waals surface area contributed by atoms with Crippen molar-refractivity contribution in [2.45, 2.75) is 38.7 Å². The second-order valence-electron chi connectivity index (χ2n) is 8.13. The Morgan fingerprint density at radius 1 is 1.03 bits per heavy atom. The molecule has 168 valence electrons. The van der Waals surface area contributed by atoms with E-state index in [9.17, 15) is 9.59 Å². The van der Waals surface area contributed by atoms with Crippen LogP contribution in [0.1, 0.15) is 43.2 Å². The molecule has 6 heteroatoms. The Hall–Kier alpha value is -3.54. The number of allylic oxidation sites excluding steroid dienone is 1. The molecule has 0 amide bonds. The molecule has 0 radical (unpaired) electrons. The quantitative estimate of drug-likeness (QED) is 0.201. The minimum Gasteiger partial charge on any atom is -0.458 e. The van der Waals surface area contributed by atoms with Crippen LogP contribution in [0.4, 0.5) is 11.4 Å². The zero-order chi connectivity index (χ0) is 22.9. The van der Waals surface area contributed by atoms with Crippen molar-refractivity contribution in [1.29, 1.82) is 0 Å². The molecule has 0 atom stereocenters. The van der Waals surface area contributed by atoms with Gasteiger partial charge in [0.15, 0.2) is 0 Å². The van der Waals surface area contributed by atoms with Gasteiger partial charge in [0.25, 0.3) is 0 Å². The highest BCUT2D eigenvalue weighted by Gasteiger charge is 2.27. The van der Waals surface area contributed by atoms with Crippen molar-refractivity contribution >= 4 is 29.4 Å². The fourth-order valence-corrected chi connectivity index (χ4v) is 3.83. The first-order chi connectivity index (χ1) is 15.4. The Bertz CT molecular complexity index is 974. The average Bonchev–Trinajstić information content (AvgIpc) is 2.80. The molecule has 4 N–H and O–H groups in total. The fraction of sp³-hybridized carbons (Fsp3) is 0.308. The van der Waals surface area contributed by atoms with Crippen LogP contribution in [0.5, 0.6) is 5.75 Å². The summed E-state index contributed by atoms with van der Waals surface area (Å²) in [6, 6.07) is 12.1. The van der Waals surface area contributed by atoms with Crippen molar-refractivity contribution in [1.82, 2.24) is 0 Å². The van der Waals surface area contributed by atoms with Gasteiger partial charge in [-0.3, -0.25) is 4.79 Å². The number of nitrogen functional groups attached to an aromatic ring is 2. The van der Waals surface area contributed by atoms with E-state index in [1.54, 1.807) is 48.5 Å². The van der Waals surface area contributed by atoms with E-state index in [2.05, 4.69) is 6.58 Å². The van der Waals surface area contributed by atoms with Crippen LogP contribution in [0.2, 0.25) is 0 Å². The maximum Gasteiger partial charge on any atom is 0.331 e. The third kappa shape index (κ3) is 6.74. The van der Waals surface area contributed by atoms with Crippen LogP contribution in [0.15, 0.2) is 61.2 Å². The van der Waals surface area contributed by atoms with Gasteiger partial charge >= 0.3 is 11.9 Å². The molecule has 6 nitrogen and oxygen atoms in total. The SMILES string of the molecule is C=CCC1CCC(C(=O)Oc2ccc(C=CC(=O)OCc3cc(N)ccc3N)cc2)CC1. The van der Waals surface area contributed by atoms with Crippen LogP contribution in [-0.4, -0.2) is 11.9 Å². The normalized spacial score (nSPS) is 18.2. The van der Waals surface area contributed by atoms with E-state index >= 15 is 0 Å². The van der Waals surface area contributed by atoms with Gasteiger partial charge in [0.1, 0.15) is 12.4 Å². The highest BCUT2D eigenvalue weighted by molar-refractivity contribution is 5.87. The van der Waals surface area contributed by atoms with Crippen molar-refractivity contribution in [3.8, 4) is 5.75 Å². The molecule has 2 aromatic rings. The van der Waals surface area contributed by atoms with Crippen molar-refractivity contribution < 1.29 is 19.1 Å². The smallest absolute Gasteiger partial charge is 0.331 e. The van der Waals surface area contributed by atoms with E-state index in [-0.39, 0.29) is 18.5 Å². The molecule has 0 bridgehead atoms. The maximum atomic E-state index is 12.4. The first-order valence-electron chi connectivity index (χ1n) is 10.9.